The fourth-order valence-corrected chi connectivity index (χ4v) is 2.55. The molecule has 0 bridgehead atoms. The summed E-state index contributed by atoms with van der Waals surface area (Å²) < 4.78 is 29.3. The first-order valence-electron chi connectivity index (χ1n) is 5.86. The van der Waals surface area contributed by atoms with Gasteiger partial charge in [-0.1, -0.05) is 6.42 Å². The Labute approximate surface area is 139 Å². The SMILES string of the molecule is O=C(CCCCC(S)CCS)NCCS(=O)(=O)O.[Zn]. The third kappa shape index (κ3) is 16.7. The van der Waals surface area contributed by atoms with Crippen LogP contribution < -0.4 is 5.32 Å². The maximum Gasteiger partial charge on any atom is 0.266 e. The number of carbonyl (C=O) groups excluding carboxylic acids is 1. The molecule has 1 atom stereocenters. The Morgan fingerprint density at radius 3 is 2.42 bits per heavy atom. The molecule has 0 aromatic carbocycles. The third-order valence-corrected chi connectivity index (χ3v) is 3.83. The first-order valence-corrected chi connectivity index (χ1v) is 8.61. The Kier molecular flexibility index (Phi) is 14.4. The van der Waals surface area contributed by atoms with Crippen LogP contribution in [0.5, 0.6) is 0 Å². The largest absolute Gasteiger partial charge is 0.355 e. The molecule has 0 aliphatic rings. The van der Waals surface area contributed by atoms with E-state index in [-0.39, 0.29) is 31.9 Å². The van der Waals surface area contributed by atoms with Crippen LogP contribution >= 0.6 is 25.3 Å². The van der Waals surface area contributed by atoms with Crippen LogP contribution in [0.1, 0.15) is 32.1 Å². The minimum Gasteiger partial charge on any atom is -0.355 e. The van der Waals surface area contributed by atoms with Gasteiger partial charge in [0.15, 0.2) is 0 Å². The maximum absolute atomic E-state index is 11.3. The Morgan fingerprint density at radius 1 is 1.26 bits per heavy atom. The molecular weight excluding hydrogens is 360 g/mol. The van der Waals surface area contributed by atoms with Crippen molar-refractivity contribution >= 4 is 41.3 Å². The number of nitrogens with one attached hydrogen (secondary N) is 1. The van der Waals surface area contributed by atoms with Crippen molar-refractivity contribution < 1.29 is 37.2 Å². The van der Waals surface area contributed by atoms with Gasteiger partial charge in [0.2, 0.25) is 5.91 Å². The second-order valence-corrected chi connectivity index (χ2v) is 6.80. The molecular formula is C10H21NO4S3Zn. The van der Waals surface area contributed by atoms with Crippen LogP contribution in [0.2, 0.25) is 0 Å². The fourth-order valence-electron chi connectivity index (χ4n) is 1.37. The van der Waals surface area contributed by atoms with Crippen molar-refractivity contribution in [1.29, 1.82) is 0 Å². The van der Waals surface area contributed by atoms with Gasteiger partial charge < -0.3 is 5.32 Å². The maximum atomic E-state index is 11.3. The first-order chi connectivity index (χ1) is 8.35. The second kappa shape index (κ2) is 12.4. The number of hydrogen-bond acceptors (Lipinski definition) is 5. The van der Waals surface area contributed by atoms with Crippen LogP contribution in [-0.4, -0.2) is 42.2 Å². The summed E-state index contributed by atoms with van der Waals surface area (Å²) >= 11 is 8.50. The van der Waals surface area contributed by atoms with Gasteiger partial charge >= 0.3 is 0 Å². The van der Waals surface area contributed by atoms with E-state index in [1.165, 1.54) is 0 Å². The molecule has 0 aliphatic heterocycles. The molecule has 0 spiro atoms. The average Bonchev–Trinajstić information content (AvgIpc) is 2.23. The van der Waals surface area contributed by atoms with E-state index in [1.54, 1.807) is 0 Å². The summed E-state index contributed by atoms with van der Waals surface area (Å²) in [5.74, 6) is 0.174. The van der Waals surface area contributed by atoms with Crippen LogP contribution in [0.4, 0.5) is 0 Å². The van der Waals surface area contributed by atoms with Crippen molar-refractivity contribution in [3.05, 3.63) is 0 Å². The fraction of sp³-hybridized carbons (Fsp3) is 0.900. The summed E-state index contributed by atoms with van der Waals surface area (Å²) in [6.07, 6.45) is 3.93. The summed E-state index contributed by atoms with van der Waals surface area (Å²) in [6.45, 7) is -0.0491. The zero-order valence-electron chi connectivity index (χ0n) is 10.9. The third-order valence-electron chi connectivity index (χ3n) is 2.34. The zero-order valence-corrected chi connectivity index (χ0v) is 16.5. The van der Waals surface area contributed by atoms with Crippen molar-refractivity contribution in [3.8, 4) is 0 Å². The van der Waals surface area contributed by atoms with Gasteiger partial charge in [-0.15, -0.1) is 0 Å². The van der Waals surface area contributed by atoms with E-state index in [4.69, 9.17) is 4.55 Å². The van der Waals surface area contributed by atoms with Crippen molar-refractivity contribution in [2.45, 2.75) is 37.4 Å². The molecule has 5 nitrogen and oxygen atoms in total. The number of rotatable bonds is 10. The topological polar surface area (TPSA) is 83.5 Å². The number of hydrogen-bond donors (Lipinski definition) is 4. The van der Waals surface area contributed by atoms with E-state index < -0.39 is 15.9 Å². The van der Waals surface area contributed by atoms with E-state index >= 15 is 0 Å². The van der Waals surface area contributed by atoms with Crippen LogP contribution in [-0.2, 0) is 34.4 Å². The molecule has 0 saturated heterocycles. The van der Waals surface area contributed by atoms with Gasteiger partial charge in [-0.2, -0.15) is 33.7 Å². The van der Waals surface area contributed by atoms with Crippen LogP contribution in [0.3, 0.4) is 0 Å². The van der Waals surface area contributed by atoms with Gasteiger partial charge in [-0.25, -0.2) is 0 Å². The summed E-state index contributed by atoms with van der Waals surface area (Å²) in [5, 5.41) is 2.77. The van der Waals surface area contributed by atoms with E-state index in [2.05, 4.69) is 30.6 Å². The molecule has 0 rings (SSSR count). The van der Waals surface area contributed by atoms with E-state index in [0.29, 0.717) is 11.7 Å². The molecule has 9 heteroatoms. The average molecular weight is 381 g/mol. The monoisotopic (exact) mass is 379 g/mol. The molecule has 0 aliphatic carbocycles. The normalized spacial score (nSPS) is 12.6. The van der Waals surface area contributed by atoms with Crippen molar-refractivity contribution in [2.24, 2.45) is 0 Å². The van der Waals surface area contributed by atoms with E-state index in [9.17, 15) is 13.2 Å². The molecule has 0 saturated carbocycles. The number of amides is 1. The van der Waals surface area contributed by atoms with Crippen molar-refractivity contribution in [1.82, 2.24) is 5.32 Å². The predicted molar refractivity (Wildman–Crippen MR) is 79.1 cm³/mol. The summed E-state index contributed by atoms with van der Waals surface area (Å²) in [6, 6.07) is 0. The quantitative estimate of drug-likeness (QED) is 0.198. The van der Waals surface area contributed by atoms with Crippen LogP contribution in [0.15, 0.2) is 0 Å². The second-order valence-electron chi connectivity index (χ2n) is 4.05. The molecule has 1 amide bonds. The molecule has 0 aromatic rings. The van der Waals surface area contributed by atoms with Gasteiger partial charge in [0, 0.05) is 37.7 Å². The molecule has 0 radical (unpaired) electrons. The summed E-state index contributed by atoms with van der Waals surface area (Å²) in [5.41, 5.74) is 0. The molecule has 2 N–H and O–H groups in total. The molecule has 1 unspecified atom stereocenters. The number of thiol groups is 2. The predicted octanol–water partition coefficient (Wildman–Crippen LogP) is 1.17. The molecule has 0 fully saturated rings. The molecule has 19 heavy (non-hydrogen) atoms. The minimum atomic E-state index is -3.99. The van der Waals surface area contributed by atoms with Crippen LogP contribution in [0, 0.1) is 0 Å². The van der Waals surface area contributed by atoms with Gasteiger partial charge in [-0.3, -0.25) is 9.35 Å². The summed E-state index contributed by atoms with van der Waals surface area (Å²) in [4.78, 5) is 11.3. The number of unbranched alkanes of at least 4 members (excludes halogenated alkanes) is 1. The van der Waals surface area contributed by atoms with Crippen molar-refractivity contribution in [2.75, 3.05) is 18.1 Å². The van der Waals surface area contributed by atoms with Gasteiger partial charge in [0.1, 0.15) is 0 Å². The van der Waals surface area contributed by atoms with E-state index in [0.717, 1.165) is 31.4 Å². The zero-order chi connectivity index (χ0) is 14.0. The van der Waals surface area contributed by atoms with Gasteiger partial charge in [0.05, 0.1) is 5.75 Å². The Bertz CT molecular complexity index is 338. The van der Waals surface area contributed by atoms with Crippen LogP contribution in [0.25, 0.3) is 0 Å². The first kappa shape index (κ1) is 22.0. The number of carbonyl (C=O) groups is 1. The van der Waals surface area contributed by atoms with Crippen molar-refractivity contribution in [3.63, 3.8) is 0 Å². The molecule has 0 aromatic heterocycles. The molecule has 0 heterocycles. The van der Waals surface area contributed by atoms with E-state index in [1.807, 2.05) is 0 Å². The standard InChI is InChI=1S/C10H21NO4S3.Zn/c12-10(11-6-8-18(13,14)15)4-2-1-3-9(17)5-7-16;/h9,16-17H,1-8H2,(H,11,12)(H,13,14,15);. The Balaban J connectivity index is 0. The minimum absolute atomic E-state index is 0. The van der Waals surface area contributed by atoms with Gasteiger partial charge in [-0.05, 0) is 25.0 Å². The van der Waals surface area contributed by atoms with Gasteiger partial charge in [0.25, 0.3) is 10.1 Å². The molecule has 110 valence electrons. The Hall–Kier alpha value is 0.703. The summed E-state index contributed by atoms with van der Waals surface area (Å²) in [7, 11) is -3.99. The smallest absolute Gasteiger partial charge is 0.266 e. The Morgan fingerprint density at radius 2 is 1.89 bits per heavy atom.